The standard InChI is InChI=1S/C17H22F3N/c1-11(14-4-2-3-5-16(14)17(18,19)20)21-10-15(12-6-7-12)13-8-9-13/h2-5,11-13,15,21H,6-10H2,1H3. The van der Waals surface area contributed by atoms with Gasteiger partial charge in [-0.15, -0.1) is 0 Å². The quantitative estimate of drug-likeness (QED) is 0.796. The fraction of sp³-hybridized carbons (Fsp3) is 0.647. The van der Waals surface area contributed by atoms with Crippen LogP contribution in [-0.2, 0) is 6.18 Å². The Kier molecular flexibility index (Phi) is 4.00. The first-order valence-electron chi connectivity index (χ1n) is 7.86. The van der Waals surface area contributed by atoms with E-state index >= 15 is 0 Å². The van der Waals surface area contributed by atoms with Gasteiger partial charge in [0.25, 0.3) is 0 Å². The maximum atomic E-state index is 13.1. The van der Waals surface area contributed by atoms with Gasteiger partial charge in [0.15, 0.2) is 0 Å². The van der Waals surface area contributed by atoms with Gasteiger partial charge in [0.1, 0.15) is 0 Å². The van der Waals surface area contributed by atoms with E-state index in [9.17, 15) is 13.2 Å². The van der Waals surface area contributed by atoms with E-state index in [1.807, 2.05) is 6.92 Å². The van der Waals surface area contributed by atoms with Gasteiger partial charge in [-0.2, -0.15) is 13.2 Å². The number of halogens is 3. The molecule has 0 saturated heterocycles. The smallest absolute Gasteiger partial charge is 0.310 e. The van der Waals surface area contributed by atoms with Crippen LogP contribution in [0, 0.1) is 17.8 Å². The van der Waals surface area contributed by atoms with E-state index in [0.29, 0.717) is 11.5 Å². The topological polar surface area (TPSA) is 12.0 Å². The van der Waals surface area contributed by atoms with Crippen molar-refractivity contribution < 1.29 is 13.2 Å². The van der Waals surface area contributed by atoms with Gasteiger partial charge in [0.05, 0.1) is 5.56 Å². The third-order valence-corrected chi connectivity index (χ3v) is 4.85. The summed E-state index contributed by atoms with van der Waals surface area (Å²) in [6.45, 7) is 2.68. The average Bonchev–Trinajstić information content (AvgIpc) is 3.31. The molecule has 2 aliphatic carbocycles. The maximum Gasteiger partial charge on any atom is 0.416 e. The van der Waals surface area contributed by atoms with Crippen LogP contribution in [-0.4, -0.2) is 6.54 Å². The zero-order valence-corrected chi connectivity index (χ0v) is 12.3. The lowest BCUT2D eigenvalue weighted by Crippen LogP contribution is -2.29. The van der Waals surface area contributed by atoms with Crippen LogP contribution in [0.5, 0.6) is 0 Å². The van der Waals surface area contributed by atoms with E-state index in [-0.39, 0.29) is 6.04 Å². The summed E-state index contributed by atoms with van der Waals surface area (Å²) in [6, 6.07) is 5.64. The molecule has 1 N–H and O–H groups in total. The molecule has 4 heteroatoms. The summed E-state index contributed by atoms with van der Waals surface area (Å²) in [5.41, 5.74) is -0.158. The predicted octanol–water partition coefficient (Wildman–Crippen LogP) is 4.79. The first-order chi connectivity index (χ1) is 9.97. The third-order valence-electron chi connectivity index (χ3n) is 4.85. The van der Waals surface area contributed by atoms with Gasteiger partial charge in [0.2, 0.25) is 0 Å². The number of alkyl halides is 3. The van der Waals surface area contributed by atoms with Gasteiger partial charge in [0, 0.05) is 6.04 Å². The highest BCUT2D eigenvalue weighted by Crippen LogP contribution is 2.49. The first-order valence-corrected chi connectivity index (χ1v) is 7.86. The molecular weight excluding hydrogens is 275 g/mol. The molecule has 1 nitrogen and oxygen atoms in total. The molecule has 2 saturated carbocycles. The molecule has 1 unspecified atom stereocenters. The highest BCUT2D eigenvalue weighted by atomic mass is 19.4. The Morgan fingerprint density at radius 2 is 1.67 bits per heavy atom. The lowest BCUT2D eigenvalue weighted by atomic mass is 9.96. The summed E-state index contributed by atoms with van der Waals surface area (Å²) in [6.07, 6.45) is 0.929. The van der Waals surface area contributed by atoms with Gasteiger partial charge in [-0.1, -0.05) is 18.2 Å². The summed E-state index contributed by atoms with van der Waals surface area (Å²) in [5.74, 6) is 2.30. The largest absolute Gasteiger partial charge is 0.416 e. The van der Waals surface area contributed by atoms with Crippen LogP contribution < -0.4 is 5.32 Å². The molecule has 2 fully saturated rings. The summed E-state index contributed by atoms with van der Waals surface area (Å²) in [7, 11) is 0. The molecule has 116 valence electrons. The second-order valence-electron chi connectivity index (χ2n) is 6.55. The number of rotatable bonds is 6. The monoisotopic (exact) mass is 297 g/mol. The average molecular weight is 297 g/mol. The fourth-order valence-electron chi connectivity index (χ4n) is 3.32. The minimum Gasteiger partial charge on any atom is -0.310 e. The first kappa shape index (κ1) is 14.9. The number of benzene rings is 1. The lowest BCUT2D eigenvalue weighted by Gasteiger charge is -2.23. The second-order valence-corrected chi connectivity index (χ2v) is 6.55. The van der Waals surface area contributed by atoms with Gasteiger partial charge >= 0.3 is 6.18 Å². The van der Waals surface area contributed by atoms with Crippen LogP contribution in [0.25, 0.3) is 0 Å². The van der Waals surface area contributed by atoms with Crippen molar-refractivity contribution in [3.8, 4) is 0 Å². The summed E-state index contributed by atoms with van der Waals surface area (Å²) in [4.78, 5) is 0. The Balaban J connectivity index is 1.66. The Morgan fingerprint density at radius 3 is 2.19 bits per heavy atom. The van der Waals surface area contributed by atoms with Crippen molar-refractivity contribution in [1.82, 2.24) is 5.32 Å². The predicted molar refractivity (Wildman–Crippen MR) is 76.8 cm³/mol. The zero-order valence-electron chi connectivity index (χ0n) is 12.3. The Hall–Kier alpha value is -1.03. The zero-order chi connectivity index (χ0) is 15.0. The lowest BCUT2D eigenvalue weighted by molar-refractivity contribution is -0.138. The van der Waals surface area contributed by atoms with Gasteiger partial charge < -0.3 is 5.32 Å². The van der Waals surface area contributed by atoms with Crippen LogP contribution in [0.3, 0.4) is 0 Å². The van der Waals surface area contributed by atoms with Gasteiger partial charge in [-0.25, -0.2) is 0 Å². The van der Waals surface area contributed by atoms with Crippen molar-refractivity contribution in [2.45, 2.75) is 44.8 Å². The normalized spacial score (nSPS) is 20.8. The second kappa shape index (κ2) is 5.64. The third kappa shape index (κ3) is 3.60. The van der Waals surface area contributed by atoms with Gasteiger partial charge in [-0.3, -0.25) is 0 Å². The minimum absolute atomic E-state index is 0.261. The van der Waals surface area contributed by atoms with E-state index in [1.165, 1.54) is 37.8 Å². The molecule has 2 aliphatic rings. The van der Waals surface area contributed by atoms with Gasteiger partial charge in [-0.05, 0) is 68.5 Å². The van der Waals surface area contributed by atoms with E-state index in [1.54, 1.807) is 12.1 Å². The van der Waals surface area contributed by atoms with E-state index in [2.05, 4.69) is 5.32 Å². The Bertz CT molecular complexity index is 477. The van der Waals surface area contributed by atoms with E-state index in [0.717, 1.165) is 18.4 Å². The molecule has 0 spiro atoms. The van der Waals surface area contributed by atoms with Crippen molar-refractivity contribution in [3.63, 3.8) is 0 Å². The number of nitrogens with one attached hydrogen (secondary N) is 1. The van der Waals surface area contributed by atoms with E-state index < -0.39 is 11.7 Å². The number of hydrogen-bond acceptors (Lipinski definition) is 1. The molecule has 0 heterocycles. The summed E-state index contributed by atoms with van der Waals surface area (Å²) < 4.78 is 39.2. The molecule has 0 bridgehead atoms. The molecule has 3 rings (SSSR count). The van der Waals surface area contributed by atoms with Crippen LogP contribution in [0.2, 0.25) is 0 Å². The van der Waals surface area contributed by atoms with Crippen molar-refractivity contribution >= 4 is 0 Å². The highest BCUT2D eigenvalue weighted by Gasteiger charge is 2.41. The van der Waals surface area contributed by atoms with Crippen LogP contribution in [0.4, 0.5) is 13.2 Å². The molecule has 21 heavy (non-hydrogen) atoms. The van der Waals surface area contributed by atoms with Crippen LogP contribution >= 0.6 is 0 Å². The van der Waals surface area contributed by atoms with Crippen molar-refractivity contribution in [2.75, 3.05) is 6.54 Å². The van der Waals surface area contributed by atoms with Crippen molar-refractivity contribution in [2.24, 2.45) is 17.8 Å². The summed E-state index contributed by atoms with van der Waals surface area (Å²) in [5, 5.41) is 3.35. The molecule has 0 radical (unpaired) electrons. The highest BCUT2D eigenvalue weighted by molar-refractivity contribution is 5.32. The summed E-state index contributed by atoms with van der Waals surface area (Å²) >= 11 is 0. The number of hydrogen-bond donors (Lipinski definition) is 1. The Labute approximate surface area is 123 Å². The van der Waals surface area contributed by atoms with E-state index in [4.69, 9.17) is 0 Å². The van der Waals surface area contributed by atoms with Crippen LogP contribution in [0.1, 0.15) is 49.8 Å². The van der Waals surface area contributed by atoms with Crippen LogP contribution in [0.15, 0.2) is 24.3 Å². The maximum absolute atomic E-state index is 13.1. The SMILES string of the molecule is CC(NCC(C1CC1)C1CC1)c1ccccc1C(F)(F)F. The molecule has 1 aromatic carbocycles. The minimum atomic E-state index is -4.28. The van der Waals surface area contributed by atoms with Crippen molar-refractivity contribution in [1.29, 1.82) is 0 Å². The molecular formula is C17H22F3N. The molecule has 0 aromatic heterocycles. The van der Waals surface area contributed by atoms with Crippen molar-refractivity contribution in [3.05, 3.63) is 35.4 Å². The molecule has 1 atom stereocenters. The molecule has 0 aliphatic heterocycles. The Morgan fingerprint density at radius 1 is 1.10 bits per heavy atom. The molecule has 0 amide bonds. The molecule has 1 aromatic rings. The fourth-order valence-corrected chi connectivity index (χ4v) is 3.32.